The molecule has 0 aromatic heterocycles. The van der Waals surface area contributed by atoms with Crippen LogP contribution in [-0.4, -0.2) is 46.9 Å². The highest BCUT2D eigenvalue weighted by Crippen LogP contribution is 2.13. The summed E-state index contributed by atoms with van der Waals surface area (Å²) in [5, 5.41) is 12.0. The number of carbonyl (C=O) groups is 3. The van der Waals surface area contributed by atoms with Crippen LogP contribution in [0.3, 0.4) is 0 Å². The van der Waals surface area contributed by atoms with Crippen molar-refractivity contribution in [1.29, 1.82) is 0 Å². The third kappa shape index (κ3) is 20.3. The van der Waals surface area contributed by atoms with Gasteiger partial charge < -0.3 is 15.3 Å². The molecule has 0 bridgehead atoms. The van der Waals surface area contributed by atoms with Crippen molar-refractivity contribution >= 4 is 17.8 Å². The van der Waals surface area contributed by atoms with Gasteiger partial charge in [0.05, 0.1) is 0 Å². The zero-order valence-corrected chi connectivity index (χ0v) is 23.3. The number of unbranched alkanes of at least 4 members (excludes halogenated alkanes) is 14. The molecule has 6 heteroatoms. The van der Waals surface area contributed by atoms with Gasteiger partial charge in [0.25, 0.3) is 0 Å². The maximum absolute atomic E-state index is 13.1. The molecule has 35 heavy (non-hydrogen) atoms. The summed E-state index contributed by atoms with van der Waals surface area (Å²) in [6, 6.07) is -0.741. The largest absolute Gasteiger partial charge is 0.481 e. The summed E-state index contributed by atoms with van der Waals surface area (Å²) < 4.78 is 0. The number of nitrogens with zero attached hydrogens (tertiary/aromatic N) is 1. The maximum Gasteiger partial charge on any atom is 0.303 e. The molecule has 0 aromatic rings. The fourth-order valence-corrected chi connectivity index (χ4v) is 4.35. The molecule has 2 amide bonds. The maximum atomic E-state index is 13.1. The van der Waals surface area contributed by atoms with E-state index in [1.54, 1.807) is 0 Å². The molecule has 0 aliphatic rings. The van der Waals surface area contributed by atoms with E-state index in [1.807, 2.05) is 4.90 Å². The topological polar surface area (TPSA) is 86.7 Å². The molecule has 206 valence electrons. The monoisotopic (exact) mass is 496 g/mol. The summed E-state index contributed by atoms with van der Waals surface area (Å²) in [4.78, 5) is 38.5. The average molecular weight is 497 g/mol. The highest BCUT2D eigenvalue weighted by molar-refractivity contribution is 5.88. The van der Waals surface area contributed by atoms with Gasteiger partial charge in [-0.1, -0.05) is 111 Å². The van der Waals surface area contributed by atoms with Gasteiger partial charge in [0.15, 0.2) is 0 Å². The van der Waals surface area contributed by atoms with Crippen LogP contribution in [0.2, 0.25) is 0 Å². The number of carboxylic acids is 1. The minimum Gasteiger partial charge on any atom is -0.481 e. The summed E-state index contributed by atoms with van der Waals surface area (Å²) in [6.07, 6.45) is 20.5. The Morgan fingerprint density at radius 3 is 1.49 bits per heavy atom. The molecule has 0 aliphatic heterocycles. The molecule has 0 aliphatic carbocycles. The molecule has 0 rings (SSSR count). The van der Waals surface area contributed by atoms with Crippen LogP contribution in [0, 0.1) is 0 Å². The first kappa shape index (κ1) is 33.4. The van der Waals surface area contributed by atoms with Gasteiger partial charge in [0.2, 0.25) is 11.8 Å². The molecule has 1 unspecified atom stereocenters. The van der Waals surface area contributed by atoms with Crippen molar-refractivity contribution in [2.75, 3.05) is 13.1 Å². The average Bonchev–Trinajstić information content (AvgIpc) is 2.84. The molecule has 0 fully saturated rings. The lowest BCUT2D eigenvalue weighted by molar-refractivity contribution is -0.139. The van der Waals surface area contributed by atoms with Crippen LogP contribution >= 0.6 is 0 Å². The quantitative estimate of drug-likeness (QED) is 0.130. The first-order valence-corrected chi connectivity index (χ1v) is 14.8. The van der Waals surface area contributed by atoms with Crippen molar-refractivity contribution in [3.05, 3.63) is 0 Å². The Morgan fingerprint density at radius 1 is 0.629 bits per heavy atom. The first-order valence-electron chi connectivity index (χ1n) is 14.8. The Hall–Kier alpha value is -1.59. The number of carboxylic acid groups (broad SMARTS) is 1. The van der Waals surface area contributed by atoms with Crippen molar-refractivity contribution in [2.45, 2.75) is 155 Å². The second-order valence-electron chi connectivity index (χ2n) is 10.1. The Morgan fingerprint density at radius 2 is 1.06 bits per heavy atom. The number of carbonyl (C=O) groups excluding carboxylic acids is 2. The van der Waals surface area contributed by atoms with E-state index in [1.165, 1.54) is 64.2 Å². The Kier molecular flexibility index (Phi) is 23.0. The van der Waals surface area contributed by atoms with E-state index in [9.17, 15) is 14.4 Å². The van der Waals surface area contributed by atoms with E-state index in [-0.39, 0.29) is 24.7 Å². The van der Waals surface area contributed by atoms with E-state index >= 15 is 0 Å². The van der Waals surface area contributed by atoms with Crippen LogP contribution < -0.4 is 5.32 Å². The second-order valence-corrected chi connectivity index (χ2v) is 10.1. The van der Waals surface area contributed by atoms with Crippen LogP contribution in [0.4, 0.5) is 0 Å². The standard InChI is InChI=1S/C29H56N2O4/c1-4-7-10-11-12-13-14-15-16-17-18-19-20-21-27(32)30-26(22-23-28(33)34)29(35)31(24-8-5-2)25-9-6-3/h26H,4-25H2,1-3H3,(H,30,32)(H,33,34). The van der Waals surface area contributed by atoms with Gasteiger partial charge in [0, 0.05) is 25.9 Å². The number of amides is 2. The third-order valence-corrected chi connectivity index (χ3v) is 6.66. The first-order chi connectivity index (χ1) is 17.0. The highest BCUT2D eigenvalue weighted by Gasteiger charge is 2.26. The van der Waals surface area contributed by atoms with Gasteiger partial charge >= 0.3 is 5.97 Å². The van der Waals surface area contributed by atoms with Gasteiger partial charge in [-0.25, -0.2) is 0 Å². The molecule has 0 saturated carbocycles. The molecule has 0 aromatic carbocycles. The van der Waals surface area contributed by atoms with Crippen molar-refractivity contribution in [3.8, 4) is 0 Å². The van der Waals surface area contributed by atoms with E-state index in [2.05, 4.69) is 26.1 Å². The van der Waals surface area contributed by atoms with Gasteiger partial charge in [0.1, 0.15) is 6.04 Å². The van der Waals surface area contributed by atoms with Crippen molar-refractivity contribution < 1.29 is 19.5 Å². The van der Waals surface area contributed by atoms with Crippen LogP contribution in [0.1, 0.15) is 149 Å². The van der Waals surface area contributed by atoms with Crippen LogP contribution in [0.5, 0.6) is 0 Å². The van der Waals surface area contributed by atoms with Gasteiger partial charge in [-0.3, -0.25) is 14.4 Å². The van der Waals surface area contributed by atoms with Crippen LogP contribution in [0.25, 0.3) is 0 Å². The molecule has 0 saturated heterocycles. The number of aliphatic carboxylic acids is 1. The van der Waals surface area contributed by atoms with Crippen molar-refractivity contribution in [2.24, 2.45) is 0 Å². The second kappa shape index (κ2) is 24.1. The normalized spacial score (nSPS) is 11.9. The minimum absolute atomic E-state index is 0.120. The number of nitrogens with one attached hydrogen (secondary N) is 1. The lowest BCUT2D eigenvalue weighted by Gasteiger charge is -2.28. The van der Waals surface area contributed by atoms with Crippen LogP contribution in [0.15, 0.2) is 0 Å². The van der Waals surface area contributed by atoms with E-state index in [0.717, 1.165) is 44.9 Å². The van der Waals surface area contributed by atoms with Crippen molar-refractivity contribution in [3.63, 3.8) is 0 Å². The SMILES string of the molecule is CCCCCCCCCCCCCCCC(=O)NC(CCC(=O)O)C(=O)N(CCCC)CCCC. The molecule has 2 N–H and O–H groups in total. The van der Waals surface area contributed by atoms with E-state index < -0.39 is 12.0 Å². The van der Waals surface area contributed by atoms with Crippen molar-refractivity contribution in [1.82, 2.24) is 10.2 Å². The Balaban J connectivity index is 4.24. The number of hydrogen-bond donors (Lipinski definition) is 2. The van der Waals surface area contributed by atoms with Gasteiger partial charge in [-0.15, -0.1) is 0 Å². The molecule has 1 atom stereocenters. The summed E-state index contributed by atoms with van der Waals surface area (Å²) >= 11 is 0. The summed E-state index contributed by atoms with van der Waals surface area (Å²) in [7, 11) is 0. The molecular formula is C29H56N2O4. The zero-order chi connectivity index (χ0) is 26.2. The fraction of sp³-hybridized carbons (Fsp3) is 0.897. The minimum atomic E-state index is -0.942. The summed E-state index contributed by atoms with van der Waals surface area (Å²) in [6.45, 7) is 7.74. The smallest absolute Gasteiger partial charge is 0.303 e. The number of rotatable bonds is 25. The fourth-order valence-electron chi connectivity index (χ4n) is 4.35. The predicted octanol–water partition coefficient (Wildman–Crippen LogP) is 7.25. The predicted molar refractivity (Wildman–Crippen MR) is 146 cm³/mol. The highest BCUT2D eigenvalue weighted by atomic mass is 16.4. The van der Waals surface area contributed by atoms with E-state index in [0.29, 0.717) is 19.5 Å². The molecule has 0 spiro atoms. The zero-order valence-electron chi connectivity index (χ0n) is 23.3. The molecule has 6 nitrogen and oxygen atoms in total. The lowest BCUT2D eigenvalue weighted by Crippen LogP contribution is -2.49. The van der Waals surface area contributed by atoms with Gasteiger partial charge in [-0.05, 0) is 25.7 Å². The third-order valence-electron chi connectivity index (χ3n) is 6.66. The summed E-state index contributed by atoms with van der Waals surface area (Å²) in [5.74, 6) is -1.21. The number of hydrogen-bond acceptors (Lipinski definition) is 3. The molecular weight excluding hydrogens is 440 g/mol. The summed E-state index contributed by atoms with van der Waals surface area (Å²) in [5.41, 5.74) is 0. The Labute approximate surface area is 216 Å². The van der Waals surface area contributed by atoms with Crippen LogP contribution in [-0.2, 0) is 14.4 Å². The van der Waals surface area contributed by atoms with E-state index in [4.69, 9.17) is 5.11 Å². The lowest BCUT2D eigenvalue weighted by atomic mass is 10.0. The molecule has 0 radical (unpaired) electrons. The molecule has 0 heterocycles. The Bertz CT molecular complexity index is 531. The van der Waals surface area contributed by atoms with Gasteiger partial charge in [-0.2, -0.15) is 0 Å².